The van der Waals surface area contributed by atoms with Crippen LogP contribution in [0.2, 0.25) is 4.34 Å². The molecule has 0 aliphatic carbocycles. The number of aromatic nitrogens is 2. The number of nitrogen functional groups attached to an aromatic ring is 1. The molecule has 0 unspecified atom stereocenters. The number of halogens is 1. The van der Waals surface area contributed by atoms with E-state index in [1.54, 1.807) is 11.3 Å². The van der Waals surface area contributed by atoms with Crippen LogP contribution in [0.5, 0.6) is 0 Å². The largest absolute Gasteiger partial charge is 0.399 e. The van der Waals surface area contributed by atoms with Gasteiger partial charge >= 0.3 is 0 Å². The predicted octanol–water partition coefficient (Wildman–Crippen LogP) is 3.88. The van der Waals surface area contributed by atoms with Crippen LogP contribution in [0.4, 0.5) is 5.69 Å². The summed E-state index contributed by atoms with van der Waals surface area (Å²) in [6, 6.07) is 9.90. The molecule has 0 amide bonds. The Bertz CT molecular complexity index is 729. The molecule has 3 nitrogen and oxygen atoms in total. The molecule has 98 valence electrons. The third-order valence-electron chi connectivity index (χ3n) is 3.17. The number of hydrogen-bond acceptors (Lipinski definition) is 3. The van der Waals surface area contributed by atoms with E-state index in [-0.39, 0.29) is 0 Å². The lowest BCUT2D eigenvalue weighted by Gasteiger charge is -2.05. The van der Waals surface area contributed by atoms with Crippen molar-refractivity contribution in [3.63, 3.8) is 0 Å². The first-order valence-corrected chi connectivity index (χ1v) is 7.29. The zero-order valence-corrected chi connectivity index (χ0v) is 12.1. The van der Waals surface area contributed by atoms with Crippen molar-refractivity contribution in [2.24, 2.45) is 0 Å². The monoisotopic (exact) mass is 291 g/mol. The highest BCUT2D eigenvalue weighted by Crippen LogP contribution is 2.24. The van der Waals surface area contributed by atoms with Gasteiger partial charge in [0.1, 0.15) is 5.82 Å². The van der Waals surface area contributed by atoms with Gasteiger partial charge in [0.05, 0.1) is 15.4 Å². The van der Waals surface area contributed by atoms with Crippen LogP contribution >= 0.6 is 22.9 Å². The molecule has 0 spiro atoms. The maximum atomic E-state index is 5.95. The zero-order chi connectivity index (χ0) is 13.4. The number of thiophene rings is 1. The average molecular weight is 292 g/mol. The molecule has 0 fully saturated rings. The van der Waals surface area contributed by atoms with Crippen molar-refractivity contribution < 1.29 is 0 Å². The highest BCUT2D eigenvalue weighted by atomic mass is 35.5. The lowest BCUT2D eigenvalue weighted by atomic mass is 10.2. The number of benzene rings is 1. The number of hydrogen-bond donors (Lipinski definition) is 1. The molecule has 2 heterocycles. The maximum Gasteiger partial charge on any atom is 0.106 e. The minimum absolute atomic E-state index is 0.752. The van der Waals surface area contributed by atoms with Gasteiger partial charge in [0.25, 0.3) is 0 Å². The second-order valence-corrected chi connectivity index (χ2v) is 6.31. The van der Waals surface area contributed by atoms with Gasteiger partial charge in [-0.15, -0.1) is 11.3 Å². The van der Waals surface area contributed by atoms with Crippen LogP contribution in [0.1, 0.15) is 10.7 Å². The van der Waals surface area contributed by atoms with E-state index in [1.807, 2.05) is 31.2 Å². The number of aryl methyl sites for hydroxylation is 3. The summed E-state index contributed by atoms with van der Waals surface area (Å²) >= 11 is 7.59. The van der Waals surface area contributed by atoms with Crippen molar-refractivity contribution in [3.05, 3.63) is 45.4 Å². The van der Waals surface area contributed by atoms with Gasteiger partial charge in [0.15, 0.2) is 0 Å². The SMILES string of the molecule is Cc1nc2cc(N)ccc2n1CCc1ccc(Cl)s1. The van der Waals surface area contributed by atoms with Crippen molar-refractivity contribution in [2.75, 3.05) is 5.73 Å². The van der Waals surface area contributed by atoms with Crippen LogP contribution in [0, 0.1) is 6.92 Å². The molecule has 0 radical (unpaired) electrons. The normalized spacial score (nSPS) is 11.3. The summed E-state index contributed by atoms with van der Waals surface area (Å²) in [6.45, 7) is 2.93. The molecule has 5 heteroatoms. The van der Waals surface area contributed by atoms with Crippen molar-refractivity contribution in [2.45, 2.75) is 19.9 Å². The first kappa shape index (κ1) is 12.5. The Morgan fingerprint density at radius 1 is 1.32 bits per heavy atom. The van der Waals surface area contributed by atoms with Crippen LogP contribution in [0.25, 0.3) is 11.0 Å². The molecule has 3 aromatic rings. The Morgan fingerprint density at radius 3 is 2.89 bits per heavy atom. The van der Waals surface area contributed by atoms with Gasteiger partial charge in [0.2, 0.25) is 0 Å². The van der Waals surface area contributed by atoms with E-state index in [0.717, 1.165) is 39.8 Å². The van der Waals surface area contributed by atoms with Crippen LogP contribution in [0.15, 0.2) is 30.3 Å². The lowest BCUT2D eigenvalue weighted by molar-refractivity contribution is 0.698. The number of anilines is 1. The predicted molar refractivity (Wildman–Crippen MR) is 81.9 cm³/mol. The van der Waals surface area contributed by atoms with Gasteiger partial charge in [-0.25, -0.2) is 4.98 Å². The zero-order valence-electron chi connectivity index (χ0n) is 10.6. The van der Waals surface area contributed by atoms with Crippen LogP contribution < -0.4 is 5.73 Å². The van der Waals surface area contributed by atoms with Gasteiger partial charge in [-0.05, 0) is 43.7 Å². The van der Waals surface area contributed by atoms with Crippen LogP contribution in [-0.4, -0.2) is 9.55 Å². The first-order chi connectivity index (χ1) is 9.13. The number of imidazole rings is 1. The highest BCUT2D eigenvalue weighted by molar-refractivity contribution is 7.16. The maximum absolute atomic E-state index is 5.95. The molecular formula is C14H14ClN3S. The van der Waals surface area contributed by atoms with Crippen LogP contribution in [-0.2, 0) is 13.0 Å². The molecule has 1 aromatic carbocycles. The van der Waals surface area contributed by atoms with E-state index >= 15 is 0 Å². The lowest BCUT2D eigenvalue weighted by Crippen LogP contribution is -2.02. The molecule has 0 aliphatic heterocycles. The smallest absolute Gasteiger partial charge is 0.106 e. The minimum Gasteiger partial charge on any atom is -0.399 e. The third-order valence-corrected chi connectivity index (χ3v) is 4.46. The number of nitrogens with zero attached hydrogens (tertiary/aromatic N) is 2. The van der Waals surface area contributed by atoms with E-state index in [4.69, 9.17) is 17.3 Å². The number of nitrogens with two attached hydrogens (primary N) is 1. The Hall–Kier alpha value is -1.52. The van der Waals surface area contributed by atoms with Gasteiger partial charge in [-0.2, -0.15) is 0 Å². The van der Waals surface area contributed by atoms with Crippen molar-refractivity contribution in [1.82, 2.24) is 9.55 Å². The molecular weight excluding hydrogens is 278 g/mol. The Balaban J connectivity index is 1.90. The Kier molecular flexibility index (Phi) is 3.21. The van der Waals surface area contributed by atoms with E-state index in [0.29, 0.717) is 0 Å². The van der Waals surface area contributed by atoms with Crippen molar-refractivity contribution >= 4 is 39.7 Å². The fraction of sp³-hybridized carbons (Fsp3) is 0.214. The number of rotatable bonds is 3. The molecule has 0 saturated carbocycles. The topological polar surface area (TPSA) is 43.8 Å². The average Bonchev–Trinajstić information content (AvgIpc) is 2.89. The van der Waals surface area contributed by atoms with Crippen molar-refractivity contribution in [3.8, 4) is 0 Å². The molecule has 2 aromatic heterocycles. The Labute approximate surface area is 120 Å². The van der Waals surface area contributed by atoms with Gasteiger partial charge < -0.3 is 10.3 Å². The molecule has 0 aliphatic rings. The van der Waals surface area contributed by atoms with E-state index in [2.05, 4.69) is 15.6 Å². The second-order valence-electron chi connectivity index (χ2n) is 4.51. The fourth-order valence-corrected chi connectivity index (χ4v) is 3.33. The summed E-state index contributed by atoms with van der Waals surface area (Å²) in [6.07, 6.45) is 0.966. The fourth-order valence-electron chi connectivity index (χ4n) is 2.26. The summed E-state index contributed by atoms with van der Waals surface area (Å²) in [7, 11) is 0. The van der Waals surface area contributed by atoms with Gasteiger partial charge in [0, 0.05) is 17.1 Å². The summed E-state index contributed by atoms with van der Waals surface area (Å²) in [5.74, 6) is 1.02. The molecule has 0 atom stereocenters. The summed E-state index contributed by atoms with van der Waals surface area (Å²) in [5, 5.41) is 0. The van der Waals surface area contributed by atoms with Gasteiger partial charge in [-0.1, -0.05) is 11.6 Å². The molecule has 19 heavy (non-hydrogen) atoms. The standard InChI is InChI=1S/C14H14ClN3S/c1-9-17-12-8-10(16)2-4-13(12)18(9)7-6-11-3-5-14(15)19-11/h2-5,8H,6-7,16H2,1H3. The number of fused-ring (bicyclic) bond motifs is 1. The highest BCUT2D eigenvalue weighted by Gasteiger charge is 2.08. The summed E-state index contributed by atoms with van der Waals surface area (Å²) < 4.78 is 3.07. The quantitative estimate of drug-likeness (QED) is 0.744. The second kappa shape index (κ2) is 4.87. The van der Waals surface area contributed by atoms with E-state index < -0.39 is 0 Å². The summed E-state index contributed by atoms with van der Waals surface area (Å²) in [4.78, 5) is 5.84. The third kappa shape index (κ3) is 2.46. The minimum atomic E-state index is 0.752. The molecule has 0 saturated heterocycles. The van der Waals surface area contributed by atoms with Crippen LogP contribution in [0.3, 0.4) is 0 Å². The first-order valence-electron chi connectivity index (χ1n) is 6.10. The van der Waals surface area contributed by atoms with Crippen molar-refractivity contribution in [1.29, 1.82) is 0 Å². The summed E-state index contributed by atoms with van der Waals surface area (Å²) in [5.41, 5.74) is 8.63. The van der Waals surface area contributed by atoms with E-state index in [1.165, 1.54) is 4.88 Å². The van der Waals surface area contributed by atoms with Gasteiger partial charge in [-0.3, -0.25) is 0 Å². The molecule has 2 N–H and O–H groups in total. The molecule has 3 rings (SSSR count). The molecule has 0 bridgehead atoms. The van der Waals surface area contributed by atoms with E-state index in [9.17, 15) is 0 Å². The Morgan fingerprint density at radius 2 is 2.16 bits per heavy atom.